The van der Waals surface area contributed by atoms with Gasteiger partial charge in [-0.25, -0.2) is 0 Å². The number of nitrogens with two attached hydrogens (primary N) is 1. The summed E-state index contributed by atoms with van der Waals surface area (Å²) in [6.07, 6.45) is 3.58. The number of hydrogen-bond donors (Lipinski definition) is 2. The number of rotatable bonds is 3. The summed E-state index contributed by atoms with van der Waals surface area (Å²) in [5.74, 6) is -0.242. The predicted molar refractivity (Wildman–Crippen MR) is 66.7 cm³/mol. The zero-order chi connectivity index (χ0) is 12.3. The lowest BCUT2D eigenvalue weighted by Gasteiger charge is -2.26. The van der Waals surface area contributed by atoms with Gasteiger partial charge in [-0.2, -0.15) is 0 Å². The van der Waals surface area contributed by atoms with Crippen LogP contribution in [0.1, 0.15) is 42.7 Å². The molecule has 1 fully saturated rings. The van der Waals surface area contributed by atoms with Crippen molar-refractivity contribution in [2.24, 2.45) is 11.7 Å². The third kappa shape index (κ3) is 2.86. The van der Waals surface area contributed by atoms with Crippen LogP contribution in [0.15, 0.2) is 24.3 Å². The minimum atomic E-state index is -0.637. The number of carboxylic acids is 1. The van der Waals surface area contributed by atoms with E-state index in [2.05, 4.69) is 24.3 Å². The van der Waals surface area contributed by atoms with Crippen molar-refractivity contribution in [3.8, 4) is 0 Å². The van der Waals surface area contributed by atoms with Crippen LogP contribution in [0.3, 0.4) is 0 Å². The molecular weight excluding hydrogens is 214 g/mol. The number of hydrogen-bond acceptors (Lipinski definition) is 2. The Morgan fingerprint density at radius 2 is 1.76 bits per heavy atom. The summed E-state index contributed by atoms with van der Waals surface area (Å²) in [4.78, 5) is 10.9. The molecule has 0 amide bonds. The molecule has 17 heavy (non-hydrogen) atoms. The second-order valence-electron chi connectivity index (χ2n) is 4.83. The van der Waals surface area contributed by atoms with Gasteiger partial charge in [0.25, 0.3) is 0 Å². The molecule has 1 aromatic carbocycles. The first kappa shape index (κ1) is 12.1. The Morgan fingerprint density at radius 3 is 2.24 bits per heavy atom. The maximum Gasteiger partial charge on any atom is 0.306 e. The first-order valence-electron chi connectivity index (χ1n) is 6.22. The highest BCUT2D eigenvalue weighted by Crippen LogP contribution is 2.35. The molecule has 3 nitrogen and oxygen atoms in total. The van der Waals surface area contributed by atoms with Crippen LogP contribution in [0.4, 0.5) is 0 Å². The third-order valence-electron chi connectivity index (χ3n) is 3.76. The fourth-order valence-electron chi connectivity index (χ4n) is 2.60. The van der Waals surface area contributed by atoms with Crippen molar-refractivity contribution >= 4 is 5.97 Å². The summed E-state index contributed by atoms with van der Waals surface area (Å²) in [6.45, 7) is 0.575. The third-order valence-corrected chi connectivity index (χ3v) is 3.76. The molecule has 92 valence electrons. The van der Waals surface area contributed by atoms with Crippen LogP contribution in [-0.2, 0) is 11.3 Å². The fourth-order valence-corrected chi connectivity index (χ4v) is 2.60. The van der Waals surface area contributed by atoms with Gasteiger partial charge in [-0.15, -0.1) is 0 Å². The van der Waals surface area contributed by atoms with E-state index < -0.39 is 5.97 Å². The topological polar surface area (TPSA) is 63.3 Å². The molecule has 0 heterocycles. The number of benzene rings is 1. The van der Waals surface area contributed by atoms with E-state index in [1.54, 1.807) is 0 Å². The summed E-state index contributed by atoms with van der Waals surface area (Å²) in [6, 6.07) is 8.40. The lowest BCUT2D eigenvalue weighted by Crippen LogP contribution is -2.20. The molecule has 1 aliphatic carbocycles. The van der Waals surface area contributed by atoms with E-state index in [0.717, 1.165) is 31.2 Å². The second-order valence-corrected chi connectivity index (χ2v) is 4.83. The van der Waals surface area contributed by atoms with Gasteiger partial charge in [-0.05, 0) is 42.7 Å². The first-order chi connectivity index (χ1) is 8.20. The maximum absolute atomic E-state index is 10.9. The molecule has 0 saturated heterocycles. The fraction of sp³-hybridized carbons (Fsp3) is 0.500. The summed E-state index contributed by atoms with van der Waals surface area (Å²) in [7, 11) is 0. The summed E-state index contributed by atoms with van der Waals surface area (Å²) >= 11 is 0. The standard InChI is InChI=1S/C14H19NO2/c15-9-10-1-3-11(4-2-10)12-5-7-13(8-6-12)14(16)17/h1-4,12-13H,5-9,15H2,(H,16,17). The highest BCUT2D eigenvalue weighted by atomic mass is 16.4. The summed E-state index contributed by atoms with van der Waals surface area (Å²) in [5.41, 5.74) is 8.04. The van der Waals surface area contributed by atoms with Gasteiger partial charge in [-0.1, -0.05) is 24.3 Å². The highest BCUT2D eigenvalue weighted by molar-refractivity contribution is 5.70. The molecule has 1 aromatic rings. The largest absolute Gasteiger partial charge is 0.481 e. The van der Waals surface area contributed by atoms with Gasteiger partial charge in [0, 0.05) is 6.54 Å². The quantitative estimate of drug-likeness (QED) is 0.843. The van der Waals surface area contributed by atoms with Gasteiger partial charge in [0.2, 0.25) is 0 Å². The molecule has 1 saturated carbocycles. The smallest absolute Gasteiger partial charge is 0.306 e. The highest BCUT2D eigenvalue weighted by Gasteiger charge is 2.26. The van der Waals surface area contributed by atoms with Crippen molar-refractivity contribution in [1.82, 2.24) is 0 Å². The lowest BCUT2D eigenvalue weighted by molar-refractivity contribution is -0.142. The first-order valence-corrected chi connectivity index (χ1v) is 6.22. The zero-order valence-electron chi connectivity index (χ0n) is 9.93. The van der Waals surface area contributed by atoms with Crippen LogP contribution in [0.25, 0.3) is 0 Å². The monoisotopic (exact) mass is 233 g/mol. The van der Waals surface area contributed by atoms with Crippen molar-refractivity contribution < 1.29 is 9.90 Å². The molecule has 0 atom stereocenters. The van der Waals surface area contributed by atoms with E-state index in [1.165, 1.54) is 5.56 Å². The number of carbonyl (C=O) groups is 1. The molecule has 0 unspecified atom stereocenters. The van der Waals surface area contributed by atoms with Gasteiger partial charge < -0.3 is 10.8 Å². The van der Waals surface area contributed by atoms with Crippen molar-refractivity contribution in [3.05, 3.63) is 35.4 Å². The van der Waals surface area contributed by atoms with Crippen molar-refractivity contribution in [3.63, 3.8) is 0 Å². The molecule has 0 bridgehead atoms. The minimum Gasteiger partial charge on any atom is -0.481 e. The molecule has 0 aliphatic heterocycles. The van der Waals surface area contributed by atoms with E-state index in [1.807, 2.05) is 0 Å². The van der Waals surface area contributed by atoms with Gasteiger partial charge in [0.05, 0.1) is 5.92 Å². The Balaban J connectivity index is 1.97. The Kier molecular flexibility index (Phi) is 3.79. The normalized spacial score (nSPS) is 24.5. The predicted octanol–water partition coefficient (Wildman–Crippen LogP) is 2.50. The Bertz CT molecular complexity index is 378. The van der Waals surface area contributed by atoms with Crippen molar-refractivity contribution in [2.75, 3.05) is 0 Å². The van der Waals surface area contributed by atoms with Crippen LogP contribution >= 0.6 is 0 Å². The van der Waals surface area contributed by atoms with E-state index in [4.69, 9.17) is 10.8 Å². The molecule has 1 aliphatic rings. The van der Waals surface area contributed by atoms with Crippen LogP contribution in [0, 0.1) is 5.92 Å². The molecule has 0 radical (unpaired) electrons. The summed E-state index contributed by atoms with van der Waals surface area (Å²) in [5, 5.41) is 8.95. The Hall–Kier alpha value is -1.35. The van der Waals surface area contributed by atoms with Gasteiger partial charge >= 0.3 is 5.97 Å². The molecule has 2 rings (SSSR count). The molecular formula is C14H19NO2. The van der Waals surface area contributed by atoms with E-state index >= 15 is 0 Å². The van der Waals surface area contributed by atoms with E-state index in [9.17, 15) is 4.79 Å². The molecule has 3 N–H and O–H groups in total. The second kappa shape index (κ2) is 5.32. The van der Waals surface area contributed by atoms with Crippen LogP contribution in [-0.4, -0.2) is 11.1 Å². The molecule has 0 aromatic heterocycles. The maximum atomic E-state index is 10.9. The van der Waals surface area contributed by atoms with E-state index in [-0.39, 0.29) is 5.92 Å². The van der Waals surface area contributed by atoms with Gasteiger partial charge in [-0.3, -0.25) is 4.79 Å². The lowest BCUT2D eigenvalue weighted by atomic mass is 9.78. The van der Waals surface area contributed by atoms with E-state index in [0.29, 0.717) is 12.5 Å². The van der Waals surface area contributed by atoms with Crippen LogP contribution < -0.4 is 5.73 Å². The van der Waals surface area contributed by atoms with Crippen LogP contribution in [0.2, 0.25) is 0 Å². The Labute approximate surface area is 102 Å². The van der Waals surface area contributed by atoms with Gasteiger partial charge in [0.1, 0.15) is 0 Å². The average Bonchev–Trinajstić information content (AvgIpc) is 2.39. The van der Waals surface area contributed by atoms with Gasteiger partial charge in [0.15, 0.2) is 0 Å². The van der Waals surface area contributed by atoms with Crippen molar-refractivity contribution in [2.45, 2.75) is 38.1 Å². The number of aliphatic carboxylic acids is 1. The molecule has 0 spiro atoms. The summed E-state index contributed by atoms with van der Waals surface area (Å²) < 4.78 is 0. The minimum absolute atomic E-state index is 0.130. The number of carboxylic acid groups (broad SMARTS) is 1. The Morgan fingerprint density at radius 1 is 1.18 bits per heavy atom. The zero-order valence-corrected chi connectivity index (χ0v) is 9.93. The average molecular weight is 233 g/mol. The SMILES string of the molecule is NCc1ccc(C2CCC(C(=O)O)CC2)cc1. The van der Waals surface area contributed by atoms with Crippen LogP contribution in [0.5, 0.6) is 0 Å². The molecule has 3 heteroatoms. The van der Waals surface area contributed by atoms with Crippen molar-refractivity contribution in [1.29, 1.82) is 0 Å².